The average Bonchev–Trinajstić information content (AvgIpc) is 3.15. The SMILES string of the molecule is COc1ccc(-c2noc([C@@H]3CCCN3CC(C)C)n2)cn1. The van der Waals surface area contributed by atoms with Crippen molar-refractivity contribution in [3.63, 3.8) is 0 Å². The fraction of sp³-hybridized carbons (Fsp3) is 0.562. The van der Waals surface area contributed by atoms with Gasteiger partial charge < -0.3 is 9.26 Å². The Balaban J connectivity index is 1.77. The van der Waals surface area contributed by atoms with Crippen LogP contribution in [0, 0.1) is 5.92 Å². The van der Waals surface area contributed by atoms with E-state index in [2.05, 4.69) is 33.9 Å². The number of likely N-dealkylation sites (tertiary alicyclic amines) is 1. The molecule has 2 aromatic heterocycles. The summed E-state index contributed by atoms with van der Waals surface area (Å²) < 4.78 is 10.6. The van der Waals surface area contributed by atoms with Gasteiger partial charge in [0.1, 0.15) is 0 Å². The average molecular weight is 302 g/mol. The Hall–Kier alpha value is -1.95. The van der Waals surface area contributed by atoms with E-state index in [1.165, 1.54) is 6.42 Å². The zero-order chi connectivity index (χ0) is 15.5. The first kappa shape index (κ1) is 15.0. The third-order valence-electron chi connectivity index (χ3n) is 3.89. The highest BCUT2D eigenvalue weighted by Gasteiger charge is 2.31. The van der Waals surface area contributed by atoms with Crippen molar-refractivity contribution in [3.05, 3.63) is 24.2 Å². The molecule has 0 N–H and O–H groups in total. The van der Waals surface area contributed by atoms with Crippen LogP contribution in [0.5, 0.6) is 5.88 Å². The molecule has 118 valence electrons. The molecule has 0 aromatic carbocycles. The molecule has 3 heterocycles. The van der Waals surface area contributed by atoms with Gasteiger partial charge in [-0.1, -0.05) is 19.0 Å². The van der Waals surface area contributed by atoms with Gasteiger partial charge in [-0.2, -0.15) is 4.98 Å². The normalized spacial score (nSPS) is 19.0. The van der Waals surface area contributed by atoms with Crippen molar-refractivity contribution in [3.8, 4) is 17.3 Å². The van der Waals surface area contributed by atoms with Crippen LogP contribution in [0.25, 0.3) is 11.4 Å². The lowest BCUT2D eigenvalue weighted by Crippen LogP contribution is -2.27. The summed E-state index contributed by atoms with van der Waals surface area (Å²) in [5.74, 6) is 2.51. The topological polar surface area (TPSA) is 64.3 Å². The molecule has 6 nitrogen and oxygen atoms in total. The molecule has 22 heavy (non-hydrogen) atoms. The molecule has 0 saturated carbocycles. The summed E-state index contributed by atoms with van der Waals surface area (Å²) in [5, 5.41) is 4.11. The Kier molecular flexibility index (Phi) is 4.38. The summed E-state index contributed by atoms with van der Waals surface area (Å²) in [4.78, 5) is 11.2. The maximum absolute atomic E-state index is 5.51. The largest absolute Gasteiger partial charge is 0.481 e. The molecule has 3 rings (SSSR count). The maximum Gasteiger partial charge on any atom is 0.244 e. The fourth-order valence-electron chi connectivity index (χ4n) is 2.91. The lowest BCUT2D eigenvalue weighted by atomic mass is 10.1. The number of nitrogens with zero attached hydrogens (tertiary/aromatic N) is 4. The van der Waals surface area contributed by atoms with Crippen LogP contribution in [0.4, 0.5) is 0 Å². The van der Waals surface area contributed by atoms with Crippen LogP contribution in [0.1, 0.15) is 38.6 Å². The van der Waals surface area contributed by atoms with Crippen LogP contribution in [-0.2, 0) is 0 Å². The number of ether oxygens (including phenoxy) is 1. The second-order valence-electron chi connectivity index (χ2n) is 6.09. The third kappa shape index (κ3) is 3.11. The van der Waals surface area contributed by atoms with Crippen molar-refractivity contribution in [2.75, 3.05) is 20.2 Å². The minimum Gasteiger partial charge on any atom is -0.481 e. The summed E-state index contributed by atoms with van der Waals surface area (Å²) in [6, 6.07) is 3.93. The predicted molar refractivity (Wildman–Crippen MR) is 82.5 cm³/mol. The highest BCUT2D eigenvalue weighted by molar-refractivity contribution is 5.53. The monoisotopic (exact) mass is 302 g/mol. The first-order chi connectivity index (χ1) is 10.7. The van der Waals surface area contributed by atoms with Gasteiger partial charge in [-0.15, -0.1) is 0 Å². The van der Waals surface area contributed by atoms with Crippen LogP contribution in [0.2, 0.25) is 0 Å². The highest BCUT2D eigenvalue weighted by atomic mass is 16.5. The van der Waals surface area contributed by atoms with E-state index < -0.39 is 0 Å². The van der Waals surface area contributed by atoms with Gasteiger partial charge in [0.2, 0.25) is 17.6 Å². The molecule has 1 atom stereocenters. The molecule has 0 radical (unpaired) electrons. The number of rotatable bonds is 5. The van der Waals surface area contributed by atoms with E-state index in [0.717, 1.165) is 25.1 Å². The summed E-state index contributed by atoms with van der Waals surface area (Å²) in [5.41, 5.74) is 0.837. The van der Waals surface area contributed by atoms with Crippen molar-refractivity contribution in [1.29, 1.82) is 0 Å². The molecule has 0 bridgehead atoms. The van der Waals surface area contributed by atoms with E-state index in [1.54, 1.807) is 19.4 Å². The summed E-state index contributed by atoms with van der Waals surface area (Å²) in [6.45, 7) is 6.63. The number of pyridine rings is 1. The first-order valence-electron chi connectivity index (χ1n) is 7.75. The van der Waals surface area contributed by atoms with Gasteiger partial charge in [-0.05, 0) is 31.4 Å². The van der Waals surface area contributed by atoms with Crippen molar-refractivity contribution >= 4 is 0 Å². The zero-order valence-corrected chi connectivity index (χ0v) is 13.3. The summed E-state index contributed by atoms with van der Waals surface area (Å²) >= 11 is 0. The molecule has 0 amide bonds. The van der Waals surface area contributed by atoms with E-state index in [4.69, 9.17) is 9.26 Å². The number of hydrogen-bond acceptors (Lipinski definition) is 6. The Labute approximate surface area is 130 Å². The van der Waals surface area contributed by atoms with Crippen molar-refractivity contribution < 1.29 is 9.26 Å². The Morgan fingerprint density at radius 1 is 1.41 bits per heavy atom. The molecule has 6 heteroatoms. The van der Waals surface area contributed by atoms with Gasteiger partial charge in [0.25, 0.3) is 0 Å². The van der Waals surface area contributed by atoms with E-state index in [9.17, 15) is 0 Å². The van der Waals surface area contributed by atoms with Crippen LogP contribution in [-0.4, -0.2) is 40.2 Å². The molecule has 1 aliphatic heterocycles. The standard InChI is InChI=1S/C16H22N4O2/c1-11(2)10-20-8-4-5-13(20)16-18-15(19-22-16)12-6-7-14(21-3)17-9-12/h6-7,9,11,13H,4-5,8,10H2,1-3H3/t13-/m0/s1. The van der Waals surface area contributed by atoms with Crippen LogP contribution in [0.15, 0.2) is 22.9 Å². The molecule has 0 spiro atoms. The van der Waals surface area contributed by atoms with E-state index in [-0.39, 0.29) is 6.04 Å². The Morgan fingerprint density at radius 3 is 2.95 bits per heavy atom. The van der Waals surface area contributed by atoms with E-state index >= 15 is 0 Å². The van der Waals surface area contributed by atoms with Gasteiger partial charge in [0.05, 0.1) is 13.2 Å². The summed E-state index contributed by atoms with van der Waals surface area (Å²) in [7, 11) is 1.60. The lowest BCUT2D eigenvalue weighted by Gasteiger charge is -2.23. The highest BCUT2D eigenvalue weighted by Crippen LogP contribution is 2.32. The van der Waals surface area contributed by atoms with Gasteiger partial charge in [-0.3, -0.25) is 4.90 Å². The fourth-order valence-corrected chi connectivity index (χ4v) is 2.91. The van der Waals surface area contributed by atoms with Crippen LogP contribution < -0.4 is 4.74 Å². The molecular weight excluding hydrogens is 280 g/mol. The Morgan fingerprint density at radius 2 is 2.27 bits per heavy atom. The van der Waals surface area contributed by atoms with E-state index in [0.29, 0.717) is 23.5 Å². The lowest BCUT2D eigenvalue weighted by molar-refractivity contribution is 0.189. The molecule has 1 fully saturated rings. The molecule has 0 unspecified atom stereocenters. The minimum atomic E-state index is 0.245. The molecule has 2 aromatic rings. The van der Waals surface area contributed by atoms with Crippen molar-refractivity contribution in [2.24, 2.45) is 5.92 Å². The number of aromatic nitrogens is 3. The second kappa shape index (κ2) is 6.44. The van der Waals surface area contributed by atoms with Crippen LogP contribution >= 0.6 is 0 Å². The zero-order valence-electron chi connectivity index (χ0n) is 13.3. The van der Waals surface area contributed by atoms with E-state index in [1.807, 2.05) is 6.07 Å². The molecular formula is C16H22N4O2. The molecule has 0 aliphatic carbocycles. The Bertz CT molecular complexity index is 609. The van der Waals surface area contributed by atoms with Gasteiger partial charge in [0.15, 0.2) is 0 Å². The minimum absolute atomic E-state index is 0.245. The first-order valence-corrected chi connectivity index (χ1v) is 7.75. The van der Waals surface area contributed by atoms with Gasteiger partial charge >= 0.3 is 0 Å². The van der Waals surface area contributed by atoms with Gasteiger partial charge in [-0.25, -0.2) is 4.98 Å². The van der Waals surface area contributed by atoms with Crippen molar-refractivity contribution in [1.82, 2.24) is 20.0 Å². The van der Waals surface area contributed by atoms with Crippen LogP contribution in [0.3, 0.4) is 0 Å². The van der Waals surface area contributed by atoms with Gasteiger partial charge in [0, 0.05) is 24.4 Å². The smallest absolute Gasteiger partial charge is 0.244 e. The second-order valence-corrected chi connectivity index (χ2v) is 6.09. The quantitative estimate of drug-likeness (QED) is 0.846. The molecule has 1 saturated heterocycles. The predicted octanol–water partition coefficient (Wildman–Crippen LogP) is 2.93. The number of hydrogen-bond donors (Lipinski definition) is 0. The molecule has 1 aliphatic rings. The third-order valence-corrected chi connectivity index (χ3v) is 3.89. The summed E-state index contributed by atoms with van der Waals surface area (Å²) in [6.07, 6.45) is 3.96. The number of methoxy groups -OCH3 is 1. The van der Waals surface area contributed by atoms with Crippen molar-refractivity contribution in [2.45, 2.75) is 32.7 Å². The maximum atomic E-state index is 5.51.